The van der Waals surface area contributed by atoms with Crippen LogP contribution in [0, 0.1) is 30.9 Å². The first-order chi connectivity index (χ1) is 10.8. The molecule has 0 unspecified atom stereocenters. The Hall–Kier alpha value is -2.96. The monoisotopic (exact) mass is 315 g/mol. The molecule has 1 amide bonds. The van der Waals surface area contributed by atoms with Crippen molar-refractivity contribution in [3.8, 4) is 0 Å². The first kappa shape index (κ1) is 16.4. The molecule has 0 aliphatic heterocycles. The predicted molar refractivity (Wildman–Crippen MR) is 86.6 cm³/mol. The summed E-state index contributed by atoms with van der Waals surface area (Å²) in [7, 11) is 0. The second kappa shape index (κ2) is 6.43. The zero-order valence-corrected chi connectivity index (χ0v) is 13.1. The van der Waals surface area contributed by atoms with Gasteiger partial charge in [0.15, 0.2) is 0 Å². The summed E-state index contributed by atoms with van der Waals surface area (Å²) in [4.78, 5) is 34.4. The SMILES string of the molecule is Cc1cc(C)cc(NC(=O)Cn2c(C)c([N+](=O)[O-])ccc2=O)c1. The average Bonchev–Trinajstić information content (AvgIpc) is 2.41. The van der Waals surface area contributed by atoms with Crippen molar-refractivity contribution in [2.24, 2.45) is 0 Å². The molecule has 0 aliphatic carbocycles. The van der Waals surface area contributed by atoms with Crippen molar-refractivity contribution in [1.82, 2.24) is 4.57 Å². The third-order valence-electron chi connectivity index (χ3n) is 3.43. The van der Waals surface area contributed by atoms with Crippen LogP contribution in [-0.2, 0) is 11.3 Å². The fourth-order valence-electron chi connectivity index (χ4n) is 2.44. The van der Waals surface area contributed by atoms with Crippen LogP contribution in [0.3, 0.4) is 0 Å². The van der Waals surface area contributed by atoms with Crippen LogP contribution in [0.5, 0.6) is 0 Å². The molecule has 1 aromatic heterocycles. The van der Waals surface area contributed by atoms with E-state index in [0.29, 0.717) is 5.69 Å². The lowest BCUT2D eigenvalue weighted by molar-refractivity contribution is -0.386. The van der Waals surface area contributed by atoms with E-state index in [-0.39, 0.29) is 17.9 Å². The van der Waals surface area contributed by atoms with E-state index < -0.39 is 16.4 Å². The molecule has 7 nitrogen and oxygen atoms in total. The van der Waals surface area contributed by atoms with E-state index in [4.69, 9.17) is 0 Å². The number of amides is 1. The number of hydrogen-bond donors (Lipinski definition) is 1. The fraction of sp³-hybridized carbons (Fsp3) is 0.250. The van der Waals surface area contributed by atoms with E-state index in [0.717, 1.165) is 27.8 Å². The first-order valence-corrected chi connectivity index (χ1v) is 7.01. The summed E-state index contributed by atoms with van der Waals surface area (Å²) >= 11 is 0. The maximum Gasteiger partial charge on any atom is 0.288 e. The van der Waals surface area contributed by atoms with Crippen LogP contribution in [0.2, 0.25) is 0 Å². The van der Waals surface area contributed by atoms with Gasteiger partial charge in [0.1, 0.15) is 6.54 Å². The number of aryl methyl sites for hydroxylation is 2. The molecule has 0 aliphatic rings. The molecule has 2 aromatic rings. The van der Waals surface area contributed by atoms with Crippen LogP contribution >= 0.6 is 0 Å². The quantitative estimate of drug-likeness (QED) is 0.692. The van der Waals surface area contributed by atoms with Gasteiger partial charge in [0, 0.05) is 17.8 Å². The summed E-state index contributed by atoms with van der Waals surface area (Å²) in [6, 6.07) is 7.85. The minimum absolute atomic E-state index is 0.151. The highest BCUT2D eigenvalue weighted by Crippen LogP contribution is 2.16. The lowest BCUT2D eigenvalue weighted by atomic mass is 10.1. The highest BCUT2D eigenvalue weighted by Gasteiger charge is 2.16. The van der Waals surface area contributed by atoms with E-state index in [1.807, 2.05) is 32.0 Å². The molecule has 0 spiro atoms. The largest absolute Gasteiger partial charge is 0.325 e. The van der Waals surface area contributed by atoms with E-state index in [9.17, 15) is 19.7 Å². The number of benzene rings is 1. The summed E-state index contributed by atoms with van der Waals surface area (Å²) in [5, 5.41) is 13.6. The van der Waals surface area contributed by atoms with Gasteiger partial charge in [0.2, 0.25) is 5.91 Å². The van der Waals surface area contributed by atoms with Crippen LogP contribution in [-0.4, -0.2) is 15.4 Å². The summed E-state index contributed by atoms with van der Waals surface area (Å²) in [5.41, 5.74) is 2.14. The second-order valence-corrected chi connectivity index (χ2v) is 5.41. The van der Waals surface area contributed by atoms with Crippen LogP contribution in [0.25, 0.3) is 0 Å². The molecule has 1 heterocycles. The Kier molecular flexibility index (Phi) is 4.59. The third-order valence-corrected chi connectivity index (χ3v) is 3.43. The lowest BCUT2D eigenvalue weighted by Gasteiger charge is -2.11. The summed E-state index contributed by atoms with van der Waals surface area (Å²) < 4.78 is 1.09. The standard InChI is InChI=1S/C16H17N3O4/c1-10-6-11(2)8-13(7-10)17-15(20)9-18-12(3)14(19(22)23)4-5-16(18)21/h4-8H,9H2,1-3H3,(H,17,20). The van der Waals surface area contributed by atoms with E-state index in [1.54, 1.807) is 0 Å². The van der Waals surface area contributed by atoms with Gasteiger partial charge in [-0.05, 0) is 44.0 Å². The molecule has 0 saturated carbocycles. The highest BCUT2D eigenvalue weighted by molar-refractivity contribution is 5.90. The lowest BCUT2D eigenvalue weighted by Crippen LogP contribution is -2.29. The van der Waals surface area contributed by atoms with Crippen molar-refractivity contribution in [3.63, 3.8) is 0 Å². The number of hydrogen-bond acceptors (Lipinski definition) is 4. The predicted octanol–water partition coefficient (Wildman–Crippen LogP) is 2.32. The van der Waals surface area contributed by atoms with Gasteiger partial charge in [0.25, 0.3) is 11.2 Å². The number of carbonyl (C=O) groups excluding carboxylic acids is 1. The molecule has 2 rings (SSSR count). The van der Waals surface area contributed by atoms with Crippen LogP contribution in [0.4, 0.5) is 11.4 Å². The Bertz CT molecular complexity index is 819. The number of aromatic nitrogens is 1. The number of nitrogens with zero attached hydrogens (tertiary/aromatic N) is 2. The molecule has 23 heavy (non-hydrogen) atoms. The van der Waals surface area contributed by atoms with Gasteiger partial charge in [-0.3, -0.25) is 24.3 Å². The van der Waals surface area contributed by atoms with Crippen molar-refractivity contribution >= 4 is 17.3 Å². The minimum atomic E-state index is -0.576. The maximum absolute atomic E-state index is 12.1. The van der Waals surface area contributed by atoms with Gasteiger partial charge in [-0.25, -0.2) is 0 Å². The zero-order chi connectivity index (χ0) is 17.1. The van der Waals surface area contributed by atoms with Crippen molar-refractivity contribution < 1.29 is 9.72 Å². The Morgan fingerprint density at radius 3 is 2.35 bits per heavy atom. The van der Waals surface area contributed by atoms with Gasteiger partial charge in [-0.2, -0.15) is 0 Å². The van der Waals surface area contributed by atoms with Gasteiger partial charge in [-0.1, -0.05) is 6.07 Å². The topological polar surface area (TPSA) is 94.2 Å². The zero-order valence-electron chi connectivity index (χ0n) is 13.1. The third kappa shape index (κ3) is 3.82. The highest BCUT2D eigenvalue weighted by atomic mass is 16.6. The molecular formula is C16H17N3O4. The summed E-state index contributed by atoms with van der Waals surface area (Å²) in [6.45, 7) is 5.00. The molecule has 0 fully saturated rings. The molecule has 0 radical (unpaired) electrons. The summed E-state index contributed by atoms with van der Waals surface area (Å²) in [6.07, 6.45) is 0. The normalized spacial score (nSPS) is 10.4. The van der Waals surface area contributed by atoms with Gasteiger partial charge < -0.3 is 5.32 Å². The van der Waals surface area contributed by atoms with Crippen molar-refractivity contribution in [3.05, 3.63) is 67.6 Å². The first-order valence-electron chi connectivity index (χ1n) is 7.01. The van der Waals surface area contributed by atoms with E-state index in [2.05, 4.69) is 5.32 Å². The van der Waals surface area contributed by atoms with Crippen LogP contribution in [0.1, 0.15) is 16.8 Å². The number of carbonyl (C=O) groups is 1. The second-order valence-electron chi connectivity index (χ2n) is 5.41. The average molecular weight is 315 g/mol. The summed E-state index contributed by atoms with van der Waals surface area (Å²) in [5.74, 6) is -0.416. The smallest absolute Gasteiger partial charge is 0.288 e. The van der Waals surface area contributed by atoms with Gasteiger partial charge >= 0.3 is 0 Å². The Labute approximate surface area is 132 Å². The van der Waals surface area contributed by atoms with Gasteiger partial charge in [0.05, 0.1) is 10.6 Å². The van der Waals surface area contributed by atoms with Crippen molar-refractivity contribution in [2.75, 3.05) is 5.32 Å². The molecule has 0 saturated heterocycles. The van der Waals surface area contributed by atoms with Crippen molar-refractivity contribution in [1.29, 1.82) is 0 Å². The molecular weight excluding hydrogens is 298 g/mol. The van der Waals surface area contributed by atoms with E-state index in [1.165, 1.54) is 6.92 Å². The van der Waals surface area contributed by atoms with Gasteiger partial charge in [-0.15, -0.1) is 0 Å². The molecule has 1 N–H and O–H groups in total. The number of nitrogens with one attached hydrogen (secondary N) is 1. The van der Waals surface area contributed by atoms with Crippen molar-refractivity contribution in [2.45, 2.75) is 27.3 Å². The number of pyridine rings is 1. The molecule has 0 bridgehead atoms. The molecule has 1 aromatic carbocycles. The molecule has 0 atom stereocenters. The maximum atomic E-state index is 12.1. The van der Waals surface area contributed by atoms with Crippen LogP contribution in [0.15, 0.2) is 35.1 Å². The minimum Gasteiger partial charge on any atom is -0.325 e. The Morgan fingerprint density at radius 2 is 1.78 bits per heavy atom. The number of nitro groups is 1. The number of anilines is 1. The van der Waals surface area contributed by atoms with Crippen LogP contribution < -0.4 is 10.9 Å². The number of rotatable bonds is 4. The Morgan fingerprint density at radius 1 is 1.17 bits per heavy atom. The fourth-order valence-corrected chi connectivity index (χ4v) is 2.44. The molecule has 7 heteroatoms. The molecule has 120 valence electrons. The van der Waals surface area contributed by atoms with E-state index >= 15 is 0 Å². The Balaban J connectivity index is 2.25.